The van der Waals surface area contributed by atoms with Crippen LogP contribution in [0.4, 0.5) is 0 Å². The van der Waals surface area contributed by atoms with Crippen LogP contribution in [0.3, 0.4) is 0 Å². The molecule has 112 valence electrons. The van der Waals surface area contributed by atoms with Crippen molar-refractivity contribution in [1.82, 2.24) is 14.3 Å². The van der Waals surface area contributed by atoms with Crippen molar-refractivity contribution in [2.24, 2.45) is 0 Å². The van der Waals surface area contributed by atoms with E-state index >= 15 is 0 Å². The fourth-order valence-electron chi connectivity index (χ4n) is 3.11. The van der Waals surface area contributed by atoms with Gasteiger partial charge in [0.1, 0.15) is 0 Å². The molecule has 0 amide bonds. The summed E-state index contributed by atoms with van der Waals surface area (Å²) in [6.07, 6.45) is 13.0. The zero-order valence-corrected chi connectivity index (χ0v) is 12.7. The monoisotopic (exact) mass is 285 g/mol. The number of hydrogen-bond donors (Lipinski definition) is 0. The van der Waals surface area contributed by atoms with E-state index in [1.165, 1.54) is 32.1 Å². The molecule has 2 aromatic heterocycles. The van der Waals surface area contributed by atoms with Crippen molar-refractivity contribution in [3.63, 3.8) is 0 Å². The van der Waals surface area contributed by atoms with Crippen molar-refractivity contribution in [3.8, 4) is 0 Å². The van der Waals surface area contributed by atoms with Crippen molar-refractivity contribution in [3.05, 3.63) is 42.0 Å². The maximum absolute atomic E-state index is 11.7. The summed E-state index contributed by atoms with van der Waals surface area (Å²) in [5.74, 6) is 0.196. The van der Waals surface area contributed by atoms with E-state index in [1.54, 1.807) is 0 Å². The second-order valence-electron chi connectivity index (χ2n) is 5.93. The summed E-state index contributed by atoms with van der Waals surface area (Å²) in [4.78, 5) is 11.7. The molecule has 0 radical (unpaired) electrons. The first kappa shape index (κ1) is 14.1. The molecular formula is C17H23N3O. The Labute approximate surface area is 125 Å². The van der Waals surface area contributed by atoms with Gasteiger partial charge in [0.05, 0.1) is 18.3 Å². The Kier molecular flexibility index (Phi) is 4.23. The maximum Gasteiger partial charge on any atom is 0.164 e. The minimum absolute atomic E-state index is 0.196. The minimum Gasteiger partial charge on any atom is -0.348 e. The Morgan fingerprint density at radius 2 is 2.05 bits per heavy atom. The average molecular weight is 285 g/mol. The SMILES string of the molecule is CCC(=O)c1ccn(Cc2ccn(C3CCCCC3)n2)c1. The van der Waals surface area contributed by atoms with Crippen molar-refractivity contribution >= 4 is 5.78 Å². The van der Waals surface area contributed by atoms with Crippen LogP contribution < -0.4 is 0 Å². The summed E-state index contributed by atoms with van der Waals surface area (Å²) in [5, 5.41) is 4.71. The highest BCUT2D eigenvalue weighted by Crippen LogP contribution is 2.27. The van der Waals surface area contributed by atoms with Crippen LogP contribution in [0, 0.1) is 0 Å². The zero-order valence-electron chi connectivity index (χ0n) is 12.7. The van der Waals surface area contributed by atoms with Crippen LogP contribution in [0.2, 0.25) is 0 Å². The van der Waals surface area contributed by atoms with Crippen LogP contribution in [0.1, 0.15) is 67.5 Å². The van der Waals surface area contributed by atoms with Gasteiger partial charge in [0.2, 0.25) is 0 Å². The molecule has 1 aliphatic carbocycles. The standard InChI is InChI=1S/C17H23N3O/c1-2-17(21)14-8-10-19(12-14)13-15-9-11-20(18-15)16-6-4-3-5-7-16/h8-12,16H,2-7,13H2,1H3. The number of rotatable bonds is 5. The molecule has 2 heterocycles. The first-order valence-electron chi connectivity index (χ1n) is 7.99. The molecule has 0 atom stereocenters. The third-order valence-corrected chi connectivity index (χ3v) is 4.35. The van der Waals surface area contributed by atoms with Gasteiger partial charge < -0.3 is 4.57 Å². The molecule has 0 spiro atoms. The molecule has 0 aromatic carbocycles. The first-order chi connectivity index (χ1) is 10.3. The number of ketones is 1. The number of carbonyl (C=O) groups is 1. The van der Waals surface area contributed by atoms with E-state index in [0.29, 0.717) is 12.5 Å². The van der Waals surface area contributed by atoms with Gasteiger partial charge in [0.25, 0.3) is 0 Å². The normalized spacial score (nSPS) is 16.2. The molecule has 1 aliphatic rings. The Bertz CT molecular complexity index is 605. The van der Waals surface area contributed by atoms with Gasteiger partial charge in [0, 0.05) is 30.6 Å². The second kappa shape index (κ2) is 6.29. The average Bonchev–Trinajstić information content (AvgIpc) is 3.17. The number of nitrogens with zero attached hydrogens (tertiary/aromatic N) is 3. The van der Waals surface area contributed by atoms with Crippen LogP contribution in [0.25, 0.3) is 0 Å². The predicted octanol–water partition coefficient (Wildman–Crippen LogP) is 3.83. The van der Waals surface area contributed by atoms with Crippen LogP contribution in [-0.4, -0.2) is 20.1 Å². The fourth-order valence-corrected chi connectivity index (χ4v) is 3.11. The molecule has 3 rings (SSSR count). The lowest BCUT2D eigenvalue weighted by Gasteiger charge is -2.21. The highest BCUT2D eigenvalue weighted by molar-refractivity contribution is 5.95. The molecule has 4 nitrogen and oxygen atoms in total. The van der Waals surface area contributed by atoms with Crippen molar-refractivity contribution in [2.45, 2.75) is 58.0 Å². The highest BCUT2D eigenvalue weighted by atomic mass is 16.1. The van der Waals surface area contributed by atoms with Gasteiger partial charge in [-0.05, 0) is 25.0 Å². The molecular weight excluding hydrogens is 262 g/mol. The van der Waals surface area contributed by atoms with E-state index in [2.05, 4.69) is 16.9 Å². The summed E-state index contributed by atoms with van der Waals surface area (Å²) in [6, 6.07) is 4.56. The van der Waals surface area contributed by atoms with Gasteiger partial charge in [-0.3, -0.25) is 9.48 Å². The summed E-state index contributed by atoms with van der Waals surface area (Å²) < 4.78 is 4.17. The lowest BCUT2D eigenvalue weighted by Crippen LogP contribution is -2.13. The maximum atomic E-state index is 11.7. The topological polar surface area (TPSA) is 39.8 Å². The van der Waals surface area contributed by atoms with Crippen LogP contribution in [0.15, 0.2) is 30.7 Å². The van der Waals surface area contributed by atoms with E-state index in [1.807, 2.05) is 30.0 Å². The van der Waals surface area contributed by atoms with E-state index in [9.17, 15) is 4.79 Å². The third kappa shape index (κ3) is 3.26. The van der Waals surface area contributed by atoms with Crippen molar-refractivity contribution in [1.29, 1.82) is 0 Å². The van der Waals surface area contributed by atoms with Crippen LogP contribution in [-0.2, 0) is 6.54 Å². The summed E-state index contributed by atoms with van der Waals surface area (Å²) in [5.41, 5.74) is 1.86. The van der Waals surface area contributed by atoms with E-state index < -0.39 is 0 Å². The van der Waals surface area contributed by atoms with Gasteiger partial charge in [-0.15, -0.1) is 0 Å². The quantitative estimate of drug-likeness (QED) is 0.783. The molecule has 21 heavy (non-hydrogen) atoms. The van der Waals surface area contributed by atoms with Gasteiger partial charge >= 0.3 is 0 Å². The van der Waals surface area contributed by atoms with E-state index in [-0.39, 0.29) is 5.78 Å². The van der Waals surface area contributed by atoms with E-state index in [0.717, 1.165) is 17.8 Å². The number of aromatic nitrogens is 3. The molecule has 1 saturated carbocycles. The molecule has 4 heteroatoms. The zero-order chi connectivity index (χ0) is 14.7. The number of Topliss-reactive ketones (excluding diaryl/α,β-unsaturated/α-hetero) is 1. The summed E-state index contributed by atoms with van der Waals surface area (Å²) in [7, 11) is 0. The van der Waals surface area contributed by atoms with E-state index in [4.69, 9.17) is 5.10 Å². The second-order valence-corrected chi connectivity index (χ2v) is 5.93. The molecule has 0 unspecified atom stereocenters. The Hall–Kier alpha value is -1.84. The van der Waals surface area contributed by atoms with Gasteiger partial charge in [-0.25, -0.2) is 0 Å². The highest BCUT2D eigenvalue weighted by Gasteiger charge is 2.16. The van der Waals surface area contributed by atoms with Crippen LogP contribution >= 0.6 is 0 Å². The fraction of sp³-hybridized carbons (Fsp3) is 0.529. The van der Waals surface area contributed by atoms with Crippen molar-refractivity contribution < 1.29 is 4.79 Å². The molecule has 0 saturated heterocycles. The predicted molar refractivity (Wildman–Crippen MR) is 82.5 cm³/mol. The molecule has 2 aromatic rings. The Morgan fingerprint density at radius 3 is 2.81 bits per heavy atom. The summed E-state index contributed by atoms with van der Waals surface area (Å²) >= 11 is 0. The smallest absolute Gasteiger partial charge is 0.164 e. The minimum atomic E-state index is 0.196. The van der Waals surface area contributed by atoms with Gasteiger partial charge in [0.15, 0.2) is 5.78 Å². The largest absolute Gasteiger partial charge is 0.348 e. The molecule has 1 fully saturated rings. The molecule has 0 aliphatic heterocycles. The number of carbonyl (C=O) groups excluding carboxylic acids is 1. The van der Waals surface area contributed by atoms with Gasteiger partial charge in [-0.2, -0.15) is 5.10 Å². The lowest BCUT2D eigenvalue weighted by atomic mass is 9.96. The van der Waals surface area contributed by atoms with Crippen LogP contribution in [0.5, 0.6) is 0 Å². The van der Waals surface area contributed by atoms with Crippen molar-refractivity contribution in [2.75, 3.05) is 0 Å². The summed E-state index contributed by atoms with van der Waals surface area (Å²) in [6.45, 7) is 2.63. The first-order valence-corrected chi connectivity index (χ1v) is 7.99. The molecule has 0 bridgehead atoms. The number of hydrogen-bond acceptors (Lipinski definition) is 2. The lowest BCUT2D eigenvalue weighted by molar-refractivity contribution is 0.0988. The van der Waals surface area contributed by atoms with Gasteiger partial charge in [-0.1, -0.05) is 26.2 Å². The molecule has 0 N–H and O–H groups in total. The Balaban J connectivity index is 1.66. The third-order valence-electron chi connectivity index (χ3n) is 4.35. The Morgan fingerprint density at radius 1 is 1.24 bits per heavy atom.